The maximum atomic E-state index is 13.1. The van der Waals surface area contributed by atoms with E-state index < -0.39 is 11.6 Å². The van der Waals surface area contributed by atoms with Gasteiger partial charge in [0.25, 0.3) is 0 Å². The quantitative estimate of drug-likeness (QED) is 0.750. The van der Waals surface area contributed by atoms with Gasteiger partial charge in [-0.25, -0.2) is 0 Å². The Bertz CT molecular complexity index is 812. The van der Waals surface area contributed by atoms with Crippen molar-refractivity contribution in [1.82, 2.24) is 0 Å². The predicted molar refractivity (Wildman–Crippen MR) is 91.7 cm³/mol. The summed E-state index contributed by atoms with van der Waals surface area (Å²) in [5.41, 5.74) is 1.22. The number of phenolic OH excluding ortho intramolecular Hbond substituents is 2. The van der Waals surface area contributed by atoms with Crippen LogP contribution in [0.3, 0.4) is 0 Å². The van der Waals surface area contributed by atoms with Gasteiger partial charge in [-0.15, -0.1) is 0 Å². The van der Waals surface area contributed by atoms with Crippen molar-refractivity contribution in [2.45, 2.75) is 0 Å². The van der Waals surface area contributed by atoms with Crippen LogP contribution in [-0.2, 0) is 0 Å². The molecule has 0 saturated heterocycles. The van der Waals surface area contributed by atoms with Crippen LogP contribution in [0.15, 0.2) is 24.3 Å². The SMILES string of the molecule is CN(C)c1ccc(O)c2c1C(=O)c1c(O)ccc(N(C)C)c1C2=O. The maximum Gasteiger partial charge on any atom is 0.200 e. The van der Waals surface area contributed by atoms with Gasteiger partial charge >= 0.3 is 0 Å². The molecule has 0 heterocycles. The Hall–Kier alpha value is -3.02. The van der Waals surface area contributed by atoms with E-state index in [4.69, 9.17) is 0 Å². The van der Waals surface area contributed by atoms with Crippen LogP contribution in [0, 0.1) is 0 Å². The predicted octanol–water partition coefficient (Wildman–Crippen LogP) is 2.01. The molecule has 1 aliphatic rings. The van der Waals surface area contributed by atoms with Crippen molar-refractivity contribution in [2.75, 3.05) is 38.0 Å². The molecule has 2 aromatic carbocycles. The fourth-order valence-corrected chi connectivity index (χ4v) is 3.08. The Morgan fingerprint density at radius 1 is 0.625 bits per heavy atom. The molecular weight excluding hydrogens is 308 g/mol. The lowest BCUT2D eigenvalue weighted by atomic mass is 9.81. The van der Waals surface area contributed by atoms with Crippen molar-refractivity contribution in [3.05, 3.63) is 46.5 Å². The lowest BCUT2D eigenvalue weighted by molar-refractivity contribution is 0.0975. The van der Waals surface area contributed by atoms with E-state index in [1.54, 1.807) is 50.1 Å². The molecule has 2 N–H and O–H groups in total. The summed E-state index contributed by atoms with van der Waals surface area (Å²) in [6.45, 7) is 0. The van der Waals surface area contributed by atoms with Crippen molar-refractivity contribution in [2.24, 2.45) is 0 Å². The molecule has 0 radical (unpaired) electrons. The number of phenols is 2. The van der Waals surface area contributed by atoms with Crippen LogP contribution in [0.4, 0.5) is 11.4 Å². The molecule has 0 amide bonds. The molecular formula is C18H18N2O4. The van der Waals surface area contributed by atoms with E-state index in [2.05, 4.69) is 0 Å². The Labute approximate surface area is 139 Å². The van der Waals surface area contributed by atoms with Gasteiger partial charge < -0.3 is 20.0 Å². The van der Waals surface area contributed by atoms with Crippen LogP contribution in [-0.4, -0.2) is 50.0 Å². The van der Waals surface area contributed by atoms with Gasteiger partial charge in [0, 0.05) is 39.6 Å². The van der Waals surface area contributed by atoms with Crippen LogP contribution in [0.5, 0.6) is 11.5 Å². The first-order valence-electron chi connectivity index (χ1n) is 7.41. The molecule has 24 heavy (non-hydrogen) atoms. The van der Waals surface area contributed by atoms with Crippen molar-refractivity contribution in [1.29, 1.82) is 0 Å². The van der Waals surface area contributed by atoms with Crippen LogP contribution in [0.1, 0.15) is 31.8 Å². The third-order valence-corrected chi connectivity index (χ3v) is 4.19. The van der Waals surface area contributed by atoms with E-state index in [0.29, 0.717) is 11.4 Å². The number of hydrogen-bond donors (Lipinski definition) is 2. The van der Waals surface area contributed by atoms with Gasteiger partial charge in [0.2, 0.25) is 11.6 Å². The summed E-state index contributed by atoms with van der Waals surface area (Å²) in [7, 11) is 6.98. The fraction of sp³-hybridized carbons (Fsp3) is 0.222. The first-order valence-corrected chi connectivity index (χ1v) is 7.41. The number of nitrogens with zero attached hydrogens (tertiary/aromatic N) is 2. The van der Waals surface area contributed by atoms with Crippen LogP contribution in [0.25, 0.3) is 0 Å². The highest BCUT2D eigenvalue weighted by Gasteiger charge is 2.38. The second-order valence-corrected chi connectivity index (χ2v) is 6.15. The molecule has 0 atom stereocenters. The molecule has 0 bridgehead atoms. The number of hydrogen-bond acceptors (Lipinski definition) is 6. The van der Waals surface area contributed by atoms with Crippen LogP contribution >= 0.6 is 0 Å². The Morgan fingerprint density at radius 3 is 1.25 bits per heavy atom. The number of aromatic hydroxyl groups is 2. The molecule has 0 aromatic heterocycles. The average molecular weight is 326 g/mol. The van der Waals surface area contributed by atoms with Gasteiger partial charge in [0.1, 0.15) is 11.5 Å². The topological polar surface area (TPSA) is 81.1 Å². The zero-order valence-corrected chi connectivity index (χ0v) is 13.9. The number of benzene rings is 2. The third kappa shape index (κ3) is 2.03. The van der Waals surface area contributed by atoms with Gasteiger partial charge in [0.15, 0.2) is 0 Å². The molecule has 0 saturated carbocycles. The minimum absolute atomic E-state index is 0.0209. The van der Waals surface area contributed by atoms with Crippen molar-refractivity contribution < 1.29 is 19.8 Å². The molecule has 124 valence electrons. The van der Waals surface area contributed by atoms with E-state index in [0.717, 1.165) is 0 Å². The van der Waals surface area contributed by atoms with Gasteiger partial charge in [-0.05, 0) is 24.3 Å². The normalized spacial score (nSPS) is 12.7. The smallest absolute Gasteiger partial charge is 0.200 e. The molecule has 6 heteroatoms. The Morgan fingerprint density at radius 2 is 0.958 bits per heavy atom. The molecule has 3 rings (SSSR count). The van der Waals surface area contributed by atoms with E-state index >= 15 is 0 Å². The average Bonchev–Trinajstić information content (AvgIpc) is 2.51. The highest BCUT2D eigenvalue weighted by molar-refractivity contribution is 6.33. The lowest BCUT2D eigenvalue weighted by Gasteiger charge is -2.27. The van der Waals surface area contributed by atoms with Crippen molar-refractivity contribution in [3.63, 3.8) is 0 Å². The zero-order chi connectivity index (χ0) is 17.8. The Kier molecular flexibility index (Phi) is 3.48. The summed E-state index contributed by atoms with van der Waals surface area (Å²) in [5.74, 6) is -1.43. The summed E-state index contributed by atoms with van der Waals surface area (Å²) < 4.78 is 0. The first kappa shape index (κ1) is 15.9. The number of rotatable bonds is 2. The molecule has 0 fully saturated rings. The first-order chi connectivity index (χ1) is 11.3. The van der Waals surface area contributed by atoms with Crippen LogP contribution < -0.4 is 9.80 Å². The van der Waals surface area contributed by atoms with Crippen molar-refractivity contribution >= 4 is 22.9 Å². The summed E-state index contributed by atoms with van der Waals surface area (Å²) in [6, 6.07) is 5.97. The standard InChI is InChI=1S/C18H18N2O4/c1-19(2)9-5-7-11(21)15-13(9)17(23)16-12(22)8-6-10(20(3)4)14(16)18(15)24/h5-8,21-22H,1-4H3. The molecule has 0 spiro atoms. The van der Waals surface area contributed by atoms with Gasteiger partial charge in [-0.2, -0.15) is 0 Å². The maximum absolute atomic E-state index is 13.1. The third-order valence-electron chi connectivity index (χ3n) is 4.19. The lowest BCUT2D eigenvalue weighted by Crippen LogP contribution is -2.27. The highest BCUT2D eigenvalue weighted by atomic mass is 16.3. The summed E-state index contributed by atoms with van der Waals surface area (Å²) in [5, 5.41) is 20.4. The van der Waals surface area contributed by atoms with E-state index in [1.807, 2.05) is 0 Å². The van der Waals surface area contributed by atoms with Crippen molar-refractivity contribution in [3.8, 4) is 11.5 Å². The molecule has 2 aromatic rings. The minimum atomic E-state index is -0.472. The minimum Gasteiger partial charge on any atom is -0.507 e. The number of carbonyl (C=O) groups is 2. The second-order valence-electron chi connectivity index (χ2n) is 6.15. The van der Waals surface area contributed by atoms with E-state index in [-0.39, 0.29) is 33.8 Å². The van der Waals surface area contributed by atoms with E-state index in [1.165, 1.54) is 12.1 Å². The number of anilines is 2. The second kappa shape index (κ2) is 5.26. The van der Waals surface area contributed by atoms with Gasteiger partial charge in [0.05, 0.1) is 22.3 Å². The summed E-state index contributed by atoms with van der Waals surface area (Å²) >= 11 is 0. The van der Waals surface area contributed by atoms with Gasteiger partial charge in [-0.3, -0.25) is 9.59 Å². The number of carbonyl (C=O) groups excluding carboxylic acids is 2. The molecule has 0 unspecified atom stereocenters. The zero-order valence-electron chi connectivity index (χ0n) is 13.9. The number of ketones is 2. The van der Waals surface area contributed by atoms with Crippen LogP contribution in [0.2, 0.25) is 0 Å². The molecule has 1 aliphatic carbocycles. The largest absolute Gasteiger partial charge is 0.507 e. The molecule has 0 aliphatic heterocycles. The fourth-order valence-electron chi connectivity index (χ4n) is 3.08. The highest BCUT2D eigenvalue weighted by Crippen LogP contribution is 2.43. The van der Waals surface area contributed by atoms with Gasteiger partial charge in [-0.1, -0.05) is 0 Å². The monoisotopic (exact) mass is 326 g/mol. The summed E-state index contributed by atoms with van der Waals surface area (Å²) in [4.78, 5) is 29.5. The number of fused-ring (bicyclic) bond motifs is 2. The summed E-state index contributed by atoms with van der Waals surface area (Å²) in [6.07, 6.45) is 0. The Balaban J connectivity index is 2.43. The van der Waals surface area contributed by atoms with E-state index in [9.17, 15) is 19.8 Å². The molecule has 6 nitrogen and oxygen atoms in total.